The maximum absolute atomic E-state index is 14.3. The fraction of sp³-hybridized carbons (Fsp3) is 0.500. The number of piperazine rings is 1. The van der Waals surface area contributed by atoms with E-state index in [0.29, 0.717) is 42.3 Å². The van der Waals surface area contributed by atoms with E-state index in [-0.39, 0.29) is 19.4 Å². The first kappa shape index (κ1) is 31.8. The maximum Gasteiger partial charge on any atom is 0.416 e. The van der Waals surface area contributed by atoms with Crippen molar-refractivity contribution in [2.75, 3.05) is 44.2 Å². The van der Waals surface area contributed by atoms with Crippen LogP contribution in [0.3, 0.4) is 0 Å². The Morgan fingerprint density at radius 2 is 1.88 bits per heavy atom. The van der Waals surface area contributed by atoms with Gasteiger partial charge in [-0.2, -0.15) is 13.2 Å². The number of pyridine rings is 1. The minimum Gasteiger partial charge on any atom is -0.481 e. The van der Waals surface area contributed by atoms with E-state index >= 15 is 0 Å². The molecule has 1 aromatic carbocycles. The highest BCUT2D eigenvalue weighted by atomic mass is 32.1. The van der Waals surface area contributed by atoms with Crippen LogP contribution in [0, 0.1) is 5.82 Å². The summed E-state index contributed by atoms with van der Waals surface area (Å²) in [4.78, 5) is 27.6. The number of carboxylic acid groups (broad SMARTS) is 1. The molecule has 7 nitrogen and oxygen atoms in total. The first-order valence-corrected chi connectivity index (χ1v) is 14.6. The first-order valence-electron chi connectivity index (χ1n) is 13.8. The number of anilines is 1. The Kier molecular flexibility index (Phi) is 10.2. The minimum atomic E-state index is -4.66. The third kappa shape index (κ3) is 7.84. The van der Waals surface area contributed by atoms with Crippen LogP contribution in [0.2, 0.25) is 0 Å². The van der Waals surface area contributed by atoms with E-state index in [1.807, 2.05) is 12.1 Å². The summed E-state index contributed by atoms with van der Waals surface area (Å²) in [7, 11) is 0. The lowest BCUT2D eigenvalue weighted by molar-refractivity contribution is -0.138. The topological polar surface area (TPSA) is 72.8 Å². The van der Waals surface area contributed by atoms with E-state index < -0.39 is 23.5 Å². The van der Waals surface area contributed by atoms with Gasteiger partial charge in [-0.1, -0.05) is 7.43 Å². The molecule has 0 saturated carbocycles. The summed E-state index contributed by atoms with van der Waals surface area (Å²) < 4.78 is 54.8. The molecule has 2 aliphatic heterocycles. The number of benzene rings is 1. The highest BCUT2D eigenvalue weighted by Crippen LogP contribution is 2.37. The number of hydrogen-bond donors (Lipinski definition) is 1. The number of halogens is 4. The third-order valence-corrected chi connectivity index (χ3v) is 8.83. The monoisotopic (exact) mass is 607 g/mol. The van der Waals surface area contributed by atoms with Crippen LogP contribution in [-0.2, 0) is 23.9 Å². The SMILES string of the molecule is C.C[C@@H]1CCCN1Cc1sc(Cc2cc(N3CCN(CCC(=O)O)CC3)ccn2)nc1-c1cc(F)cc(C(F)(F)F)c1. The molecule has 0 aliphatic carbocycles. The Labute approximate surface area is 247 Å². The number of nitrogens with zero attached hydrogens (tertiary/aromatic N) is 5. The van der Waals surface area contributed by atoms with E-state index in [0.717, 1.165) is 74.0 Å². The van der Waals surface area contributed by atoms with Crippen molar-refractivity contribution in [2.45, 2.75) is 58.8 Å². The van der Waals surface area contributed by atoms with Crippen LogP contribution >= 0.6 is 11.3 Å². The summed E-state index contributed by atoms with van der Waals surface area (Å²) in [6, 6.07) is 6.92. The molecule has 2 saturated heterocycles. The highest BCUT2D eigenvalue weighted by molar-refractivity contribution is 7.12. The van der Waals surface area contributed by atoms with Crippen LogP contribution in [0.5, 0.6) is 0 Å². The summed E-state index contributed by atoms with van der Waals surface area (Å²) in [5.41, 5.74) is 1.29. The smallest absolute Gasteiger partial charge is 0.416 e. The quantitative estimate of drug-likeness (QED) is 0.292. The molecule has 0 spiro atoms. The lowest BCUT2D eigenvalue weighted by Crippen LogP contribution is -2.47. The van der Waals surface area contributed by atoms with E-state index in [9.17, 15) is 22.4 Å². The molecule has 2 aliphatic rings. The molecular formula is C30H37F4N5O2S. The van der Waals surface area contributed by atoms with Crippen LogP contribution in [0.4, 0.5) is 23.2 Å². The first-order chi connectivity index (χ1) is 19.5. The molecule has 3 aromatic rings. The number of aromatic nitrogens is 2. The highest BCUT2D eigenvalue weighted by Gasteiger charge is 2.32. The summed E-state index contributed by atoms with van der Waals surface area (Å²) >= 11 is 1.44. The van der Waals surface area contributed by atoms with E-state index in [1.54, 1.807) is 6.20 Å². The van der Waals surface area contributed by atoms with Crippen molar-refractivity contribution >= 4 is 23.0 Å². The van der Waals surface area contributed by atoms with Crippen LogP contribution in [0.15, 0.2) is 36.5 Å². The molecule has 1 N–H and O–H groups in total. The van der Waals surface area contributed by atoms with E-state index in [1.165, 1.54) is 11.3 Å². The van der Waals surface area contributed by atoms with Crippen molar-refractivity contribution in [3.8, 4) is 11.3 Å². The lowest BCUT2D eigenvalue weighted by atomic mass is 10.1. The Balaban J connectivity index is 0.00000405. The Morgan fingerprint density at radius 3 is 2.55 bits per heavy atom. The van der Waals surface area contributed by atoms with Gasteiger partial charge in [0.2, 0.25) is 0 Å². The summed E-state index contributed by atoms with van der Waals surface area (Å²) in [5.74, 6) is -1.74. The van der Waals surface area contributed by atoms with Gasteiger partial charge in [-0.05, 0) is 56.6 Å². The molecule has 0 unspecified atom stereocenters. The van der Waals surface area contributed by atoms with Crippen LogP contribution in [0.25, 0.3) is 11.3 Å². The van der Waals surface area contributed by atoms with Crippen LogP contribution in [-0.4, -0.2) is 76.2 Å². The normalized spacial score (nSPS) is 18.3. The zero-order valence-corrected chi connectivity index (χ0v) is 23.6. The standard InChI is InChI=1S/C29H33F4N5O2S.CH4/c1-19-3-2-7-38(19)18-25-28(20-13-21(29(31,32)33)15-22(30)14-20)35-26(41-25)17-23-16-24(4-6-34-23)37-11-9-36(10-12-37)8-5-27(39)40;/h4,6,13-16,19H,2-3,5,7-12,17-18H2,1H3,(H,39,40);1H4/t19-;/m1./s1. The summed E-state index contributed by atoms with van der Waals surface area (Å²) in [6.45, 7) is 7.20. The number of carboxylic acids is 1. The molecule has 1 atom stereocenters. The van der Waals surface area contributed by atoms with Gasteiger partial charge < -0.3 is 10.0 Å². The van der Waals surface area contributed by atoms with Crippen molar-refractivity contribution in [3.05, 3.63) is 63.5 Å². The number of carbonyl (C=O) groups is 1. The number of rotatable bonds is 9. The number of thiazole rings is 1. The van der Waals surface area contributed by atoms with Gasteiger partial charge in [-0.15, -0.1) is 11.3 Å². The Morgan fingerprint density at radius 1 is 1.12 bits per heavy atom. The average molecular weight is 608 g/mol. The molecule has 0 bridgehead atoms. The van der Waals surface area contributed by atoms with E-state index in [2.05, 4.69) is 26.6 Å². The predicted octanol–water partition coefficient (Wildman–Crippen LogP) is 6.17. The number of hydrogen-bond acceptors (Lipinski definition) is 7. The molecule has 42 heavy (non-hydrogen) atoms. The van der Waals surface area contributed by atoms with Crippen molar-refractivity contribution in [2.24, 2.45) is 0 Å². The molecule has 228 valence electrons. The summed E-state index contributed by atoms with van der Waals surface area (Å²) in [6.07, 6.45) is -0.271. The van der Waals surface area contributed by atoms with Gasteiger partial charge in [0.25, 0.3) is 0 Å². The van der Waals surface area contributed by atoms with Crippen LogP contribution in [0.1, 0.15) is 54.8 Å². The molecule has 0 amide bonds. The van der Waals surface area contributed by atoms with Crippen molar-refractivity contribution in [3.63, 3.8) is 0 Å². The van der Waals surface area contributed by atoms with Gasteiger partial charge in [0.15, 0.2) is 0 Å². The van der Waals surface area contributed by atoms with Crippen molar-refractivity contribution < 1.29 is 27.5 Å². The van der Waals surface area contributed by atoms with Gasteiger partial charge in [0.05, 0.1) is 22.7 Å². The maximum atomic E-state index is 14.3. The Hall–Kier alpha value is -3.09. The van der Waals surface area contributed by atoms with Gasteiger partial charge in [0.1, 0.15) is 5.82 Å². The fourth-order valence-electron chi connectivity index (χ4n) is 5.51. The second-order valence-electron chi connectivity index (χ2n) is 10.7. The molecule has 0 radical (unpaired) electrons. The molecule has 2 fully saturated rings. The zero-order valence-electron chi connectivity index (χ0n) is 22.8. The lowest BCUT2D eigenvalue weighted by Gasteiger charge is -2.36. The minimum absolute atomic E-state index is 0. The van der Waals surface area contributed by atoms with Gasteiger partial charge >= 0.3 is 12.1 Å². The second kappa shape index (κ2) is 13.5. The summed E-state index contributed by atoms with van der Waals surface area (Å²) in [5, 5.41) is 9.65. The van der Waals surface area contributed by atoms with Gasteiger partial charge in [-0.3, -0.25) is 19.6 Å². The largest absolute Gasteiger partial charge is 0.481 e. The van der Waals surface area contributed by atoms with Gasteiger partial charge in [-0.25, -0.2) is 9.37 Å². The number of likely N-dealkylation sites (tertiary alicyclic amines) is 1. The zero-order chi connectivity index (χ0) is 29.1. The number of aliphatic carboxylic acids is 1. The average Bonchev–Trinajstić information content (AvgIpc) is 3.52. The van der Waals surface area contributed by atoms with E-state index in [4.69, 9.17) is 10.1 Å². The molecule has 2 aromatic heterocycles. The van der Waals surface area contributed by atoms with Crippen molar-refractivity contribution in [1.29, 1.82) is 0 Å². The molecule has 5 rings (SSSR count). The molecule has 4 heterocycles. The molecule has 12 heteroatoms. The fourth-order valence-corrected chi connectivity index (χ4v) is 6.64. The van der Waals surface area contributed by atoms with Crippen LogP contribution < -0.4 is 4.90 Å². The van der Waals surface area contributed by atoms with Gasteiger partial charge in [0, 0.05) is 79.7 Å². The Bertz CT molecular complexity index is 1370. The molecular weight excluding hydrogens is 570 g/mol. The predicted molar refractivity (Wildman–Crippen MR) is 156 cm³/mol. The number of alkyl halides is 3. The second-order valence-corrected chi connectivity index (χ2v) is 11.9. The third-order valence-electron chi connectivity index (χ3n) is 7.79. The van der Waals surface area contributed by atoms with Crippen molar-refractivity contribution in [1.82, 2.24) is 19.8 Å².